The van der Waals surface area contributed by atoms with Crippen molar-refractivity contribution in [2.75, 3.05) is 50.8 Å². The highest BCUT2D eigenvalue weighted by atomic mass is 19.4. The first-order valence-electron chi connectivity index (χ1n) is 13.7. The molecule has 212 valence electrons. The molecule has 5 heterocycles. The summed E-state index contributed by atoms with van der Waals surface area (Å²) in [5.74, 6) is -0.597. The van der Waals surface area contributed by atoms with Gasteiger partial charge < -0.3 is 19.6 Å². The van der Waals surface area contributed by atoms with Crippen molar-refractivity contribution in [3.05, 3.63) is 30.3 Å². The standard InChI is InChI=1S/C26H34F3N7O3/c27-26(28,29)15-34-9-6-20(23(34)38)35-16-36(19-4-2-1-3-5-19)25(24(35)39)7-10-33(11-8-25)22(37)18-12-17-14-31-32-21(17)30-13-18/h1-5,17-18,20-21,30-32H,6-16H2. The molecule has 3 amide bonds. The van der Waals surface area contributed by atoms with Crippen LogP contribution in [0, 0.1) is 11.8 Å². The number of amides is 3. The third kappa shape index (κ3) is 4.74. The molecule has 0 saturated carbocycles. The van der Waals surface area contributed by atoms with Crippen LogP contribution in [0.5, 0.6) is 0 Å². The number of hydrogen-bond donors (Lipinski definition) is 3. The number of nitrogens with one attached hydrogen (secondary N) is 3. The summed E-state index contributed by atoms with van der Waals surface area (Å²) in [6.07, 6.45) is -2.57. The second-order valence-electron chi connectivity index (χ2n) is 11.3. The fourth-order valence-electron chi connectivity index (χ4n) is 7.01. The number of carbonyl (C=O) groups excluding carboxylic acids is 3. The molecule has 1 spiro atoms. The van der Waals surface area contributed by atoms with Crippen LogP contribution in [0.4, 0.5) is 18.9 Å². The van der Waals surface area contributed by atoms with Crippen LogP contribution in [0.1, 0.15) is 25.7 Å². The summed E-state index contributed by atoms with van der Waals surface area (Å²) < 4.78 is 39.0. The number of benzene rings is 1. The van der Waals surface area contributed by atoms with E-state index in [-0.39, 0.29) is 43.5 Å². The number of halogens is 3. The molecule has 0 radical (unpaired) electrons. The summed E-state index contributed by atoms with van der Waals surface area (Å²) in [5, 5.41) is 3.40. The van der Waals surface area contributed by atoms with Gasteiger partial charge in [-0.1, -0.05) is 18.2 Å². The highest BCUT2D eigenvalue weighted by Crippen LogP contribution is 2.42. The summed E-state index contributed by atoms with van der Waals surface area (Å²) in [7, 11) is 0. The fraction of sp³-hybridized carbons (Fsp3) is 0.654. The van der Waals surface area contributed by atoms with Crippen LogP contribution < -0.4 is 21.1 Å². The van der Waals surface area contributed by atoms with Crippen LogP contribution in [-0.4, -0.2) is 102 Å². The highest BCUT2D eigenvalue weighted by molar-refractivity contribution is 5.98. The monoisotopic (exact) mass is 549 g/mol. The van der Waals surface area contributed by atoms with Gasteiger partial charge in [0.2, 0.25) is 11.8 Å². The number of piperidine rings is 2. The number of likely N-dealkylation sites (tertiary alicyclic amines) is 2. The zero-order valence-electron chi connectivity index (χ0n) is 21.6. The second-order valence-corrected chi connectivity index (χ2v) is 11.3. The topological polar surface area (TPSA) is 100 Å². The molecule has 5 aliphatic rings. The number of fused-ring (bicyclic) bond motifs is 1. The lowest BCUT2D eigenvalue weighted by Crippen LogP contribution is -2.59. The molecule has 1 aromatic carbocycles. The lowest BCUT2D eigenvalue weighted by Gasteiger charge is -2.44. The number of carbonyl (C=O) groups is 3. The molecular weight excluding hydrogens is 515 g/mol. The predicted molar refractivity (Wildman–Crippen MR) is 135 cm³/mol. The first-order valence-corrected chi connectivity index (χ1v) is 13.7. The van der Waals surface area contributed by atoms with Gasteiger partial charge in [-0.05, 0) is 37.8 Å². The van der Waals surface area contributed by atoms with E-state index in [0.29, 0.717) is 38.4 Å². The minimum atomic E-state index is -4.49. The molecular formula is C26H34F3N7O3. The molecule has 5 fully saturated rings. The van der Waals surface area contributed by atoms with E-state index < -0.39 is 30.2 Å². The van der Waals surface area contributed by atoms with Crippen molar-refractivity contribution >= 4 is 23.4 Å². The molecule has 0 aromatic heterocycles. The van der Waals surface area contributed by atoms with Crippen molar-refractivity contribution in [2.45, 2.75) is 49.6 Å². The van der Waals surface area contributed by atoms with Gasteiger partial charge in [-0.15, -0.1) is 0 Å². The van der Waals surface area contributed by atoms with E-state index in [1.807, 2.05) is 40.1 Å². The summed E-state index contributed by atoms with van der Waals surface area (Å²) in [4.78, 5) is 46.6. The Morgan fingerprint density at radius 3 is 2.51 bits per heavy atom. The summed E-state index contributed by atoms with van der Waals surface area (Å²) in [6, 6.07) is 8.50. The molecule has 10 nitrogen and oxygen atoms in total. The van der Waals surface area contributed by atoms with Crippen LogP contribution in [0.2, 0.25) is 0 Å². The van der Waals surface area contributed by atoms with E-state index in [4.69, 9.17) is 0 Å². The molecule has 4 atom stereocenters. The van der Waals surface area contributed by atoms with E-state index in [0.717, 1.165) is 23.6 Å². The van der Waals surface area contributed by atoms with E-state index in [1.54, 1.807) is 0 Å². The quantitative estimate of drug-likeness (QED) is 0.503. The van der Waals surface area contributed by atoms with E-state index >= 15 is 0 Å². The van der Waals surface area contributed by atoms with Gasteiger partial charge in [-0.25, -0.2) is 5.43 Å². The van der Waals surface area contributed by atoms with Crippen molar-refractivity contribution in [2.24, 2.45) is 11.8 Å². The maximum Gasteiger partial charge on any atom is 0.406 e. The van der Waals surface area contributed by atoms with Gasteiger partial charge in [-0.3, -0.25) is 25.1 Å². The molecule has 3 N–H and O–H groups in total. The number of hydrogen-bond acceptors (Lipinski definition) is 7. The minimum absolute atomic E-state index is 0.0320. The number of rotatable bonds is 4. The Balaban J connectivity index is 1.19. The van der Waals surface area contributed by atoms with E-state index in [2.05, 4.69) is 16.2 Å². The van der Waals surface area contributed by atoms with Gasteiger partial charge in [-0.2, -0.15) is 13.2 Å². The highest BCUT2D eigenvalue weighted by Gasteiger charge is 2.57. The Bertz CT molecular complexity index is 1110. The Hall–Kier alpha value is -2.90. The molecule has 39 heavy (non-hydrogen) atoms. The number of para-hydroxylation sites is 1. The van der Waals surface area contributed by atoms with Gasteiger partial charge in [0.1, 0.15) is 18.1 Å². The van der Waals surface area contributed by atoms with Crippen molar-refractivity contribution in [3.8, 4) is 0 Å². The Morgan fingerprint density at radius 1 is 1.05 bits per heavy atom. The number of hydrazine groups is 1. The molecule has 0 bridgehead atoms. The van der Waals surface area contributed by atoms with Crippen LogP contribution in [0.15, 0.2) is 30.3 Å². The molecule has 4 unspecified atom stereocenters. The van der Waals surface area contributed by atoms with Crippen LogP contribution >= 0.6 is 0 Å². The van der Waals surface area contributed by atoms with Gasteiger partial charge in [0.25, 0.3) is 5.91 Å². The van der Waals surface area contributed by atoms with E-state index in [1.165, 1.54) is 4.90 Å². The lowest BCUT2D eigenvalue weighted by atomic mass is 9.83. The maximum atomic E-state index is 14.1. The Kier molecular flexibility index (Phi) is 6.71. The van der Waals surface area contributed by atoms with E-state index in [9.17, 15) is 27.6 Å². The Morgan fingerprint density at radius 2 is 1.79 bits per heavy atom. The third-order valence-corrected chi connectivity index (χ3v) is 9.07. The largest absolute Gasteiger partial charge is 0.406 e. The summed E-state index contributed by atoms with van der Waals surface area (Å²) in [5.41, 5.74) is 6.18. The van der Waals surface area contributed by atoms with Crippen LogP contribution in [-0.2, 0) is 14.4 Å². The molecule has 1 aromatic rings. The summed E-state index contributed by atoms with van der Waals surface area (Å²) >= 11 is 0. The van der Waals surface area contributed by atoms with Gasteiger partial charge >= 0.3 is 6.18 Å². The molecule has 13 heteroatoms. The molecule has 5 saturated heterocycles. The lowest BCUT2D eigenvalue weighted by molar-refractivity contribution is -0.160. The zero-order chi connectivity index (χ0) is 27.4. The molecule has 5 aliphatic heterocycles. The fourth-order valence-corrected chi connectivity index (χ4v) is 7.01. The van der Waals surface area contributed by atoms with Crippen LogP contribution in [0.3, 0.4) is 0 Å². The third-order valence-electron chi connectivity index (χ3n) is 9.07. The number of alkyl halides is 3. The maximum absolute atomic E-state index is 14.1. The SMILES string of the molecule is O=C(C1CNC2NNCC2C1)N1CCC2(CC1)C(=O)N(C1CCN(CC(F)(F)F)C1=O)CN2c1ccccc1. The van der Waals surface area contributed by atoms with Crippen LogP contribution in [0.25, 0.3) is 0 Å². The zero-order valence-corrected chi connectivity index (χ0v) is 21.6. The summed E-state index contributed by atoms with van der Waals surface area (Å²) in [6.45, 7) is 0.999. The number of anilines is 1. The Labute approximate surface area is 224 Å². The van der Waals surface area contributed by atoms with Crippen molar-refractivity contribution in [1.82, 2.24) is 30.9 Å². The molecule has 0 aliphatic carbocycles. The first kappa shape index (κ1) is 26.3. The average Bonchev–Trinajstić information content (AvgIpc) is 3.61. The normalized spacial score (nSPS) is 30.9. The van der Waals surface area contributed by atoms with Crippen molar-refractivity contribution < 1.29 is 27.6 Å². The second kappa shape index (κ2) is 9.93. The predicted octanol–water partition coefficient (Wildman–Crippen LogP) is 0.477. The number of nitrogens with zero attached hydrogens (tertiary/aromatic N) is 4. The van der Waals surface area contributed by atoms with Crippen molar-refractivity contribution in [1.29, 1.82) is 0 Å². The van der Waals surface area contributed by atoms with Gasteiger partial charge in [0.15, 0.2) is 0 Å². The average molecular weight is 550 g/mol. The van der Waals surface area contributed by atoms with Gasteiger partial charge in [0, 0.05) is 44.3 Å². The van der Waals surface area contributed by atoms with Crippen molar-refractivity contribution in [3.63, 3.8) is 0 Å². The molecule has 6 rings (SSSR count). The minimum Gasteiger partial charge on any atom is -0.342 e. The smallest absolute Gasteiger partial charge is 0.342 e. The van der Waals surface area contributed by atoms with Gasteiger partial charge in [0.05, 0.1) is 18.8 Å². The first-order chi connectivity index (χ1) is 18.7.